The number of esters is 1. The quantitative estimate of drug-likeness (QED) is 0.351. The molecule has 0 aliphatic carbocycles. The summed E-state index contributed by atoms with van der Waals surface area (Å²) in [6, 6.07) is 3.00. The van der Waals surface area contributed by atoms with Gasteiger partial charge in [0.2, 0.25) is 12.7 Å². The fourth-order valence-corrected chi connectivity index (χ4v) is 5.16. The number of nitrogens with zero attached hydrogens (tertiary/aromatic N) is 3. The Morgan fingerprint density at radius 1 is 1.20 bits per heavy atom. The van der Waals surface area contributed by atoms with Crippen LogP contribution in [0.5, 0.6) is 5.75 Å². The molecule has 1 N–H and O–H groups in total. The van der Waals surface area contributed by atoms with Gasteiger partial charge in [-0.3, -0.25) is 19.2 Å². The summed E-state index contributed by atoms with van der Waals surface area (Å²) in [4.78, 5) is 67.6. The molecule has 2 heterocycles. The summed E-state index contributed by atoms with van der Waals surface area (Å²) in [6.07, 6.45) is 1.09. The number of anilines is 1. The Bertz CT molecular complexity index is 1180. The fourth-order valence-electron chi connectivity index (χ4n) is 5.16. The Hall–Kier alpha value is -3.83. The van der Waals surface area contributed by atoms with Crippen molar-refractivity contribution in [3.63, 3.8) is 0 Å². The van der Waals surface area contributed by atoms with Gasteiger partial charge in [0, 0.05) is 51.1 Å². The maximum Gasteiger partial charge on any atom is 0.412 e. The molecule has 226 valence electrons. The van der Waals surface area contributed by atoms with E-state index in [0.717, 1.165) is 0 Å². The number of benzene rings is 1. The van der Waals surface area contributed by atoms with Crippen molar-refractivity contribution in [1.82, 2.24) is 15.1 Å². The first-order chi connectivity index (χ1) is 19.3. The molecule has 1 atom stereocenters. The van der Waals surface area contributed by atoms with Gasteiger partial charge in [-0.2, -0.15) is 0 Å². The molecule has 1 aromatic rings. The van der Waals surface area contributed by atoms with Crippen molar-refractivity contribution in [1.29, 1.82) is 0 Å². The van der Waals surface area contributed by atoms with Gasteiger partial charge in [-0.1, -0.05) is 6.92 Å². The molecule has 0 radical (unpaired) electrons. The van der Waals surface area contributed by atoms with E-state index in [0.29, 0.717) is 48.4 Å². The smallest absolute Gasteiger partial charge is 0.412 e. The summed E-state index contributed by atoms with van der Waals surface area (Å²) >= 11 is 0. The van der Waals surface area contributed by atoms with Gasteiger partial charge in [0.05, 0.1) is 11.7 Å². The lowest BCUT2D eigenvalue weighted by Gasteiger charge is -2.42. The Morgan fingerprint density at radius 2 is 1.90 bits per heavy atom. The number of fused-ring (bicyclic) bond motifs is 1. The van der Waals surface area contributed by atoms with Gasteiger partial charge in [0.25, 0.3) is 11.8 Å². The Labute approximate surface area is 241 Å². The molecule has 12 heteroatoms. The summed E-state index contributed by atoms with van der Waals surface area (Å²) in [7, 11) is 0. The van der Waals surface area contributed by atoms with Crippen LogP contribution in [0.15, 0.2) is 12.1 Å². The number of aryl methyl sites for hydroxylation is 1. The second-order valence-corrected chi connectivity index (χ2v) is 11.1. The summed E-state index contributed by atoms with van der Waals surface area (Å²) in [5, 5.41) is 2.80. The van der Waals surface area contributed by atoms with E-state index in [1.165, 1.54) is 11.8 Å². The first kappa shape index (κ1) is 31.7. The van der Waals surface area contributed by atoms with Gasteiger partial charge in [-0.05, 0) is 65.2 Å². The van der Waals surface area contributed by atoms with Gasteiger partial charge in [-0.25, -0.2) is 4.79 Å². The lowest BCUT2D eigenvalue weighted by Crippen LogP contribution is -2.55. The molecular formula is C29H42N4O8. The third kappa shape index (κ3) is 7.47. The number of rotatable bonds is 9. The van der Waals surface area contributed by atoms with Gasteiger partial charge in [0.1, 0.15) is 5.75 Å². The van der Waals surface area contributed by atoms with Crippen LogP contribution in [-0.2, 0) is 23.9 Å². The minimum absolute atomic E-state index is 0.116. The minimum atomic E-state index is -1.11. The zero-order valence-corrected chi connectivity index (χ0v) is 25.1. The van der Waals surface area contributed by atoms with Crippen LogP contribution in [-0.4, -0.2) is 90.2 Å². The fraction of sp³-hybridized carbons (Fsp3) is 0.621. The van der Waals surface area contributed by atoms with Crippen LogP contribution >= 0.6 is 0 Å². The van der Waals surface area contributed by atoms with Gasteiger partial charge in [-0.15, -0.1) is 0 Å². The average molecular weight is 575 g/mol. The third-order valence-electron chi connectivity index (χ3n) is 7.21. The van der Waals surface area contributed by atoms with E-state index in [4.69, 9.17) is 14.2 Å². The maximum absolute atomic E-state index is 14.1. The number of piperidine rings is 1. The van der Waals surface area contributed by atoms with Crippen LogP contribution in [0.4, 0.5) is 10.5 Å². The molecular weight excluding hydrogens is 532 g/mol. The summed E-state index contributed by atoms with van der Waals surface area (Å²) in [5.74, 6) is -0.674. The second kappa shape index (κ2) is 13.2. The van der Waals surface area contributed by atoms with E-state index in [1.54, 1.807) is 42.7 Å². The summed E-state index contributed by atoms with van der Waals surface area (Å²) in [6.45, 7) is 12.8. The second-order valence-electron chi connectivity index (χ2n) is 11.1. The molecule has 4 amide bonds. The SMILES string of the molecule is CCC(=O)NCCN1C(=O)C(C)(C)Oc2cc(C)c(C(=O)N(C(C)C)[C@@H]3CCCN(C(=O)OCOC(C)=O)C3)cc21. The highest BCUT2D eigenvalue weighted by Crippen LogP contribution is 2.40. The van der Waals surface area contributed by atoms with Gasteiger partial charge >= 0.3 is 12.1 Å². The highest BCUT2D eigenvalue weighted by atomic mass is 16.7. The molecule has 1 aromatic carbocycles. The van der Waals surface area contributed by atoms with Crippen molar-refractivity contribution in [2.75, 3.05) is 37.9 Å². The first-order valence-electron chi connectivity index (χ1n) is 14.1. The highest BCUT2D eigenvalue weighted by molar-refractivity contribution is 6.05. The normalized spacial score (nSPS) is 17.9. The van der Waals surface area contributed by atoms with Crippen molar-refractivity contribution in [2.45, 2.75) is 85.4 Å². The molecule has 0 bridgehead atoms. The van der Waals surface area contributed by atoms with Crippen molar-refractivity contribution in [3.8, 4) is 5.75 Å². The number of nitrogens with one attached hydrogen (secondary N) is 1. The topological polar surface area (TPSA) is 135 Å². The molecule has 1 saturated heterocycles. The monoisotopic (exact) mass is 574 g/mol. The highest BCUT2D eigenvalue weighted by Gasteiger charge is 2.42. The lowest BCUT2D eigenvalue weighted by molar-refractivity contribution is -0.149. The first-order valence-corrected chi connectivity index (χ1v) is 14.1. The van der Waals surface area contributed by atoms with Crippen molar-refractivity contribution in [2.24, 2.45) is 0 Å². The average Bonchev–Trinajstić information content (AvgIpc) is 2.90. The predicted molar refractivity (Wildman–Crippen MR) is 151 cm³/mol. The Morgan fingerprint density at radius 3 is 2.54 bits per heavy atom. The largest absolute Gasteiger partial charge is 0.476 e. The Balaban J connectivity index is 1.87. The van der Waals surface area contributed by atoms with E-state index in [1.807, 2.05) is 20.8 Å². The predicted octanol–water partition coefficient (Wildman–Crippen LogP) is 3.00. The molecule has 41 heavy (non-hydrogen) atoms. The van der Waals surface area contributed by atoms with Crippen LogP contribution in [0.2, 0.25) is 0 Å². The van der Waals surface area contributed by atoms with Crippen LogP contribution < -0.4 is 15.0 Å². The molecule has 2 aliphatic rings. The number of ether oxygens (including phenoxy) is 3. The van der Waals surface area contributed by atoms with Gasteiger partial charge < -0.3 is 34.2 Å². The number of amides is 4. The summed E-state index contributed by atoms with van der Waals surface area (Å²) < 4.78 is 15.8. The zero-order valence-electron chi connectivity index (χ0n) is 25.1. The molecule has 0 spiro atoms. The number of likely N-dealkylation sites (tertiary alicyclic amines) is 1. The number of hydrogen-bond acceptors (Lipinski definition) is 8. The molecule has 1 fully saturated rings. The van der Waals surface area contributed by atoms with Crippen molar-refractivity contribution in [3.05, 3.63) is 23.3 Å². The lowest BCUT2D eigenvalue weighted by atomic mass is 9.97. The summed E-state index contributed by atoms with van der Waals surface area (Å²) in [5.41, 5.74) is 0.472. The number of carbonyl (C=O) groups excluding carboxylic acids is 5. The standard InChI is InChI=1S/C29H42N4O8/c1-8-25(35)30-11-13-32-23-15-22(19(4)14-24(23)41-29(6,7)27(32)37)26(36)33(18(2)3)21-10-9-12-31(16-21)28(38)40-17-39-20(5)34/h14-15,18,21H,8-13,16-17H2,1-7H3,(H,30,35)/t21-/m1/s1. The van der Waals surface area contributed by atoms with E-state index in [2.05, 4.69) is 5.32 Å². The molecule has 0 saturated carbocycles. The van der Waals surface area contributed by atoms with Crippen molar-refractivity contribution < 1.29 is 38.2 Å². The minimum Gasteiger partial charge on any atom is -0.476 e. The number of hydrogen-bond donors (Lipinski definition) is 1. The van der Waals surface area contributed by atoms with Crippen LogP contribution in [0.1, 0.15) is 76.7 Å². The van der Waals surface area contributed by atoms with Crippen LogP contribution in [0.3, 0.4) is 0 Å². The molecule has 0 aromatic heterocycles. The van der Waals surface area contributed by atoms with Crippen LogP contribution in [0.25, 0.3) is 0 Å². The molecule has 2 aliphatic heterocycles. The van der Waals surface area contributed by atoms with E-state index >= 15 is 0 Å². The van der Waals surface area contributed by atoms with Crippen LogP contribution in [0, 0.1) is 6.92 Å². The molecule has 0 unspecified atom stereocenters. The molecule has 3 rings (SSSR count). The third-order valence-corrected chi connectivity index (χ3v) is 7.21. The van der Waals surface area contributed by atoms with Gasteiger partial charge in [0.15, 0.2) is 5.60 Å². The van der Waals surface area contributed by atoms with E-state index in [-0.39, 0.29) is 49.4 Å². The Kier molecular flexibility index (Phi) is 10.2. The van der Waals surface area contributed by atoms with E-state index < -0.39 is 24.5 Å². The zero-order chi connectivity index (χ0) is 30.5. The van der Waals surface area contributed by atoms with Crippen molar-refractivity contribution >= 4 is 35.5 Å². The number of carbonyl (C=O) groups is 5. The maximum atomic E-state index is 14.1. The molecule has 12 nitrogen and oxygen atoms in total. The van der Waals surface area contributed by atoms with E-state index in [9.17, 15) is 24.0 Å².